The monoisotopic (exact) mass is 237 g/mol. The highest BCUT2D eigenvalue weighted by molar-refractivity contribution is 5.90. The number of H-pyrrole nitrogens is 1. The van der Waals surface area contributed by atoms with Crippen molar-refractivity contribution in [1.29, 1.82) is 0 Å². The molecule has 1 fully saturated rings. The fraction of sp³-hybridized carbons (Fsp3) is 0.667. The first-order chi connectivity index (χ1) is 8.16. The maximum Gasteiger partial charge on any atom is 0.289 e. The lowest BCUT2D eigenvalue weighted by Gasteiger charge is -2.32. The topological polar surface area (TPSA) is 58.2 Å². The molecule has 1 N–H and O–H groups in total. The van der Waals surface area contributed by atoms with Crippen LogP contribution in [0.25, 0.3) is 0 Å². The van der Waals surface area contributed by atoms with Crippen LogP contribution in [-0.4, -0.2) is 46.1 Å². The first-order valence-electron chi connectivity index (χ1n) is 6.11. The van der Waals surface area contributed by atoms with Crippen LogP contribution in [-0.2, 0) is 4.74 Å². The van der Waals surface area contributed by atoms with Crippen molar-refractivity contribution in [2.75, 3.05) is 13.1 Å². The third-order valence-electron chi connectivity index (χ3n) is 2.89. The highest BCUT2D eigenvalue weighted by atomic mass is 16.5. The van der Waals surface area contributed by atoms with Gasteiger partial charge in [0.05, 0.1) is 12.2 Å². The van der Waals surface area contributed by atoms with Gasteiger partial charge in [0.25, 0.3) is 5.91 Å². The third-order valence-corrected chi connectivity index (χ3v) is 2.89. The summed E-state index contributed by atoms with van der Waals surface area (Å²) in [5, 5.41) is 0. The van der Waals surface area contributed by atoms with E-state index in [1.165, 1.54) is 0 Å². The van der Waals surface area contributed by atoms with E-state index >= 15 is 0 Å². The molecule has 1 aromatic rings. The Labute approximate surface area is 101 Å². The number of amides is 1. The molecule has 5 nitrogen and oxygen atoms in total. The van der Waals surface area contributed by atoms with Crippen LogP contribution < -0.4 is 0 Å². The second-order valence-corrected chi connectivity index (χ2v) is 4.61. The second-order valence-electron chi connectivity index (χ2n) is 4.61. The van der Waals surface area contributed by atoms with Gasteiger partial charge in [-0.1, -0.05) is 0 Å². The first kappa shape index (κ1) is 12.1. The van der Waals surface area contributed by atoms with Gasteiger partial charge >= 0.3 is 0 Å². The Bertz CT molecular complexity index is 354. The Morgan fingerprint density at radius 2 is 2.24 bits per heavy atom. The summed E-state index contributed by atoms with van der Waals surface area (Å²) in [5.41, 5.74) is 0. The lowest BCUT2D eigenvalue weighted by Crippen LogP contribution is -2.41. The van der Waals surface area contributed by atoms with Crippen LogP contribution in [0.4, 0.5) is 0 Å². The van der Waals surface area contributed by atoms with Gasteiger partial charge in [-0.2, -0.15) is 0 Å². The number of piperidine rings is 1. The van der Waals surface area contributed by atoms with E-state index in [0.717, 1.165) is 25.9 Å². The van der Waals surface area contributed by atoms with Crippen molar-refractivity contribution < 1.29 is 9.53 Å². The van der Waals surface area contributed by atoms with Gasteiger partial charge in [-0.25, -0.2) is 4.98 Å². The van der Waals surface area contributed by atoms with E-state index in [9.17, 15) is 4.79 Å². The molecule has 94 valence electrons. The van der Waals surface area contributed by atoms with Gasteiger partial charge < -0.3 is 14.6 Å². The van der Waals surface area contributed by atoms with E-state index in [1.807, 2.05) is 18.7 Å². The van der Waals surface area contributed by atoms with Gasteiger partial charge in [-0.15, -0.1) is 0 Å². The van der Waals surface area contributed by atoms with Crippen molar-refractivity contribution in [3.8, 4) is 0 Å². The SMILES string of the molecule is CC(C)OC1CCN(C(=O)c2ncc[nH]2)CC1. The Kier molecular flexibility index (Phi) is 3.78. The molecule has 0 radical (unpaired) electrons. The number of nitrogens with zero attached hydrogens (tertiary/aromatic N) is 2. The molecule has 5 heteroatoms. The molecule has 17 heavy (non-hydrogen) atoms. The molecule has 0 saturated carbocycles. The minimum Gasteiger partial charge on any atom is -0.375 e. The zero-order valence-corrected chi connectivity index (χ0v) is 10.3. The number of aromatic nitrogens is 2. The van der Waals surface area contributed by atoms with Gasteiger partial charge in [-0.05, 0) is 26.7 Å². The number of carbonyl (C=O) groups excluding carboxylic acids is 1. The number of carbonyl (C=O) groups is 1. The summed E-state index contributed by atoms with van der Waals surface area (Å²) in [6.07, 6.45) is 5.63. The van der Waals surface area contributed by atoms with E-state index in [1.54, 1.807) is 12.4 Å². The predicted octanol–water partition coefficient (Wildman–Crippen LogP) is 1.44. The first-order valence-corrected chi connectivity index (χ1v) is 6.11. The standard InChI is InChI=1S/C12H19N3O2/c1-9(2)17-10-3-7-15(8-4-10)12(16)11-13-5-6-14-11/h5-6,9-10H,3-4,7-8H2,1-2H3,(H,13,14). The van der Waals surface area contributed by atoms with Crippen molar-refractivity contribution in [3.05, 3.63) is 18.2 Å². The van der Waals surface area contributed by atoms with Gasteiger partial charge in [0.15, 0.2) is 5.82 Å². The minimum atomic E-state index is -0.0157. The van der Waals surface area contributed by atoms with Crippen LogP contribution in [0.15, 0.2) is 12.4 Å². The molecular weight excluding hydrogens is 218 g/mol. The average Bonchev–Trinajstić information content (AvgIpc) is 2.82. The number of aromatic amines is 1. The molecule has 0 atom stereocenters. The number of rotatable bonds is 3. The number of likely N-dealkylation sites (tertiary alicyclic amines) is 1. The maximum absolute atomic E-state index is 12.0. The molecule has 1 aliphatic heterocycles. The Morgan fingerprint density at radius 3 is 2.76 bits per heavy atom. The van der Waals surface area contributed by atoms with Crippen LogP contribution in [0.1, 0.15) is 37.3 Å². The molecule has 2 heterocycles. The van der Waals surface area contributed by atoms with Crippen LogP contribution in [0.3, 0.4) is 0 Å². The summed E-state index contributed by atoms with van der Waals surface area (Å²) < 4.78 is 5.75. The quantitative estimate of drug-likeness (QED) is 0.865. The molecule has 2 rings (SSSR count). The fourth-order valence-electron chi connectivity index (χ4n) is 2.11. The highest BCUT2D eigenvalue weighted by Crippen LogP contribution is 2.16. The molecule has 0 aromatic carbocycles. The molecule has 1 amide bonds. The lowest BCUT2D eigenvalue weighted by atomic mass is 10.1. The third kappa shape index (κ3) is 3.06. The van der Waals surface area contributed by atoms with Gasteiger partial charge in [0.1, 0.15) is 0 Å². The van der Waals surface area contributed by atoms with Crippen LogP contribution in [0.2, 0.25) is 0 Å². The molecular formula is C12H19N3O2. The zero-order valence-electron chi connectivity index (χ0n) is 10.3. The summed E-state index contributed by atoms with van der Waals surface area (Å²) in [7, 11) is 0. The molecule has 0 bridgehead atoms. The van der Waals surface area contributed by atoms with Gasteiger partial charge in [0.2, 0.25) is 0 Å². The van der Waals surface area contributed by atoms with Gasteiger partial charge in [0, 0.05) is 25.5 Å². The van der Waals surface area contributed by atoms with E-state index in [2.05, 4.69) is 9.97 Å². The van der Waals surface area contributed by atoms with Crippen molar-refractivity contribution in [3.63, 3.8) is 0 Å². The van der Waals surface area contributed by atoms with E-state index in [4.69, 9.17) is 4.74 Å². The van der Waals surface area contributed by atoms with Crippen molar-refractivity contribution in [1.82, 2.24) is 14.9 Å². The molecule has 0 spiro atoms. The summed E-state index contributed by atoms with van der Waals surface area (Å²) in [5.74, 6) is 0.409. The summed E-state index contributed by atoms with van der Waals surface area (Å²) in [6.45, 7) is 5.58. The smallest absolute Gasteiger partial charge is 0.289 e. The van der Waals surface area contributed by atoms with E-state index < -0.39 is 0 Å². The number of nitrogens with one attached hydrogen (secondary N) is 1. The summed E-state index contributed by atoms with van der Waals surface area (Å²) in [6, 6.07) is 0. The normalized spacial score (nSPS) is 17.7. The molecule has 1 saturated heterocycles. The Morgan fingerprint density at radius 1 is 1.53 bits per heavy atom. The second kappa shape index (κ2) is 5.31. The zero-order chi connectivity index (χ0) is 12.3. The lowest BCUT2D eigenvalue weighted by molar-refractivity contribution is -0.0237. The minimum absolute atomic E-state index is 0.0157. The maximum atomic E-state index is 12.0. The van der Waals surface area contributed by atoms with Crippen LogP contribution in [0.5, 0.6) is 0 Å². The van der Waals surface area contributed by atoms with Crippen molar-refractivity contribution in [2.45, 2.75) is 38.9 Å². The summed E-state index contributed by atoms with van der Waals surface area (Å²) in [4.78, 5) is 20.6. The number of hydrogen-bond donors (Lipinski definition) is 1. The Balaban J connectivity index is 1.85. The molecule has 0 unspecified atom stereocenters. The Hall–Kier alpha value is -1.36. The molecule has 1 aliphatic rings. The average molecular weight is 237 g/mol. The van der Waals surface area contributed by atoms with E-state index in [0.29, 0.717) is 5.82 Å². The predicted molar refractivity (Wildman–Crippen MR) is 63.7 cm³/mol. The highest BCUT2D eigenvalue weighted by Gasteiger charge is 2.25. The fourth-order valence-corrected chi connectivity index (χ4v) is 2.11. The van der Waals surface area contributed by atoms with Crippen LogP contribution >= 0.6 is 0 Å². The number of hydrogen-bond acceptors (Lipinski definition) is 3. The van der Waals surface area contributed by atoms with E-state index in [-0.39, 0.29) is 18.1 Å². The van der Waals surface area contributed by atoms with Crippen LogP contribution in [0, 0.1) is 0 Å². The van der Waals surface area contributed by atoms with Crippen molar-refractivity contribution >= 4 is 5.91 Å². The summed E-state index contributed by atoms with van der Waals surface area (Å²) >= 11 is 0. The number of ether oxygens (including phenoxy) is 1. The largest absolute Gasteiger partial charge is 0.375 e. The molecule has 1 aromatic heterocycles. The number of imidazole rings is 1. The molecule has 0 aliphatic carbocycles. The van der Waals surface area contributed by atoms with Crippen molar-refractivity contribution in [2.24, 2.45) is 0 Å². The van der Waals surface area contributed by atoms with Gasteiger partial charge in [-0.3, -0.25) is 4.79 Å².